The molecule has 0 aromatic heterocycles. The molecule has 32 heavy (non-hydrogen) atoms. The van der Waals surface area contributed by atoms with E-state index < -0.39 is 5.97 Å². The predicted octanol–water partition coefficient (Wildman–Crippen LogP) is 4.66. The highest BCUT2D eigenvalue weighted by molar-refractivity contribution is 5.90. The van der Waals surface area contributed by atoms with Gasteiger partial charge in [0.2, 0.25) is 0 Å². The van der Waals surface area contributed by atoms with Crippen molar-refractivity contribution < 1.29 is 28.5 Å². The number of rotatable bonds is 13. The third-order valence-corrected chi connectivity index (χ3v) is 4.52. The average molecular weight is 437 g/mol. The van der Waals surface area contributed by atoms with Crippen LogP contribution in [0.4, 0.5) is 0 Å². The lowest BCUT2D eigenvalue weighted by Crippen LogP contribution is -2.10. The molecule has 0 saturated carbocycles. The zero-order valence-electron chi connectivity index (χ0n) is 18.2. The molecule has 0 fully saturated rings. The Morgan fingerprint density at radius 2 is 1.12 bits per heavy atom. The molecule has 0 N–H and O–H groups in total. The van der Waals surface area contributed by atoms with Gasteiger partial charge >= 0.3 is 5.97 Å². The minimum atomic E-state index is -0.457. The first-order chi connectivity index (χ1) is 15.7. The molecule has 0 bridgehead atoms. The maximum atomic E-state index is 12.0. The van der Waals surface area contributed by atoms with Crippen molar-refractivity contribution in [3.63, 3.8) is 0 Å². The van der Waals surface area contributed by atoms with E-state index in [1.165, 1.54) is 7.11 Å². The Morgan fingerprint density at radius 3 is 1.56 bits per heavy atom. The second kappa shape index (κ2) is 13.1. The Kier molecular flexibility index (Phi) is 9.58. The topological polar surface area (TPSA) is 63.2 Å². The number of methoxy groups -OCH3 is 1. The molecule has 3 aromatic carbocycles. The van der Waals surface area contributed by atoms with Crippen molar-refractivity contribution in [2.24, 2.45) is 0 Å². The quantitative estimate of drug-likeness (QED) is 0.287. The summed E-state index contributed by atoms with van der Waals surface area (Å²) < 4.78 is 27.6. The van der Waals surface area contributed by atoms with Gasteiger partial charge in [0, 0.05) is 6.07 Å². The molecule has 0 spiro atoms. The van der Waals surface area contributed by atoms with Crippen LogP contribution in [0.1, 0.15) is 21.5 Å². The van der Waals surface area contributed by atoms with E-state index in [-0.39, 0.29) is 0 Å². The van der Waals surface area contributed by atoms with Gasteiger partial charge in [0.15, 0.2) is 0 Å². The number of carbonyl (C=O) groups excluding carboxylic acids is 1. The number of hydrogen-bond acceptors (Lipinski definition) is 6. The van der Waals surface area contributed by atoms with Crippen molar-refractivity contribution in [2.75, 3.05) is 33.5 Å². The second-order valence-corrected chi connectivity index (χ2v) is 6.96. The van der Waals surface area contributed by atoms with Crippen molar-refractivity contribution in [1.29, 1.82) is 0 Å². The zero-order chi connectivity index (χ0) is 22.4. The lowest BCUT2D eigenvalue weighted by molar-refractivity contribution is 0.0598. The summed E-state index contributed by atoms with van der Waals surface area (Å²) in [5.74, 6) is 0.564. The molecule has 3 aromatic rings. The van der Waals surface area contributed by atoms with Gasteiger partial charge in [0.1, 0.15) is 24.7 Å². The summed E-state index contributed by atoms with van der Waals surface area (Å²) in [6, 6.07) is 24.9. The highest BCUT2D eigenvalue weighted by Gasteiger charge is 2.11. The van der Waals surface area contributed by atoms with E-state index in [1.807, 2.05) is 60.7 Å². The van der Waals surface area contributed by atoms with Crippen LogP contribution in [0, 0.1) is 0 Å². The van der Waals surface area contributed by atoms with Crippen LogP contribution in [0.5, 0.6) is 11.5 Å². The summed E-state index contributed by atoms with van der Waals surface area (Å²) in [6.07, 6.45) is 0. The van der Waals surface area contributed by atoms with Crippen molar-refractivity contribution in [2.45, 2.75) is 13.2 Å². The molecule has 0 unspecified atom stereocenters. The number of benzene rings is 3. The Bertz CT molecular complexity index is 875. The smallest absolute Gasteiger partial charge is 0.338 e. The fourth-order valence-electron chi connectivity index (χ4n) is 2.94. The van der Waals surface area contributed by atoms with Crippen LogP contribution in [0.3, 0.4) is 0 Å². The van der Waals surface area contributed by atoms with E-state index in [0.29, 0.717) is 56.7 Å². The summed E-state index contributed by atoms with van der Waals surface area (Å²) in [5, 5.41) is 0. The van der Waals surface area contributed by atoms with Gasteiger partial charge in [-0.25, -0.2) is 4.79 Å². The molecule has 0 radical (unpaired) electrons. The standard InChI is InChI=1S/C26H28O6/c1-28-26(27)23-16-24(31-14-12-29-19-21-8-4-2-5-9-21)18-25(17-23)32-15-13-30-20-22-10-6-3-7-11-22/h2-11,16-18H,12-15,19-20H2,1H3. The maximum absolute atomic E-state index is 12.0. The Morgan fingerprint density at radius 1 is 0.656 bits per heavy atom. The third kappa shape index (κ3) is 8.06. The molecule has 3 rings (SSSR count). The highest BCUT2D eigenvalue weighted by Crippen LogP contribution is 2.24. The Balaban J connectivity index is 1.46. The van der Waals surface area contributed by atoms with Gasteiger partial charge < -0.3 is 23.7 Å². The largest absolute Gasteiger partial charge is 0.491 e. The van der Waals surface area contributed by atoms with Crippen LogP contribution >= 0.6 is 0 Å². The Hall–Kier alpha value is -3.35. The predicted molar refractivity (Wildman–Crippen MR) is 121 cm³/mol. The van der Waals surface area contributed by atoms with Crippen LogP contribution in [-0.4, -0.2) is 39.5 Å². The fraction of sp³-hybridized carbons (Fsp3) is 0.269. The SMILES string of the molecule is COC(=O)c1cc(OCCOCc2ccccc2)cc(OCCOCc2ccccc2)c1. The first-order valence-corrected chi connectivity index (χ1v) is 10.5. The summed E-state index contributed by atoms with van der Waals surface area (Å²) in [6.45, 7) is 2.56. The van der Waals surface area contributed by atoms with E-state index in [4.69, 9.17) is 23.7 Å². The van der Waals surface area contributed by atoms with Gasteiger partial charge in [-0.1, -0.05) is 60.7 Å². The summed E-state index contributed by atoms with van der Waals surface area (Å²) in [7, 11) is 1.34. The molecule has 6 nitrogen and oxygen atoms in total. The van der Waals surface area contributed by atoms with E-state index in [0.717, 1.165) is 11.1 Å². The van der Waals surface area contributed by atoms with Crippen LogP contribution in [0.25, 0.3) is 0 Å². The van der Waals surface area contributed by atoms with Crippen LogP contribution < -0.4 is 9.47 Å². The van der Waals surface area contributed by atoms with Gasteiger partial charge in [0.25, 0.3) is 0 Å². The van der Waals surface area contributed by atoms with Crippen molar-refractivity contribution in [3.8, 4) is 11.5 Å². The van der Waals surface area contributed by atoms with Gasteiger partial charge in [-0.3, -0.25) is 0 Å². The molecule has 0 aliphatic heterocycles. The van der Waals surface area contributed by atoms with Crippen LogP contribution in [-0.2, 0) is 27.4 Å². The first kappa shape index (κ1) is 23.3. The number of ether oxygens (including phenoxy) is 5. The highest BCUT2D eigenvalue weighted by atomic mass is 16.5. The molecule has 0 aliphatic carbocycles. The lowest BCUT2D eigenvalue weighted by atomic mass is 10.2. The zero-order valence-corrected chi connectivity index (χ0v) is 18.2. The first-order valence-electron chi connectivity index (χ1n) is 10.5. The average Bonchev–Trinajstić information content (AvgIpc) is 2.84. The number of hydrogen-bond donors (Lipinski definition) is 0. The Labute approximate surface area is 188 Å². The molecular formula is C26H28O6. The fourth-order valence-corrected chi connectivity index (χ4v) is 2.94. The van der Waals surface area contributed by atoms with E-state index in [1.54, 1.807) is 18.2 Å². The van der Waals surface area contributed by atoms with E-state index in [2.05, 4.69) is 0 Å². The van der Waals surface area contributed by atoms with Gasteiger partial charge in [-0.05, 0) is 23.3 Å². The molecule has 0 amide bonds. The molecular weight excluding hydrogens is 408 g/mol. The molecule has 168 valence electrons. The molecule has 0 heterocycles. The van der Waals surface area contributed by atoms with Crippen molar-refractivity contribution in [1.82, 2.24) is 0 Å². The van der Waals surface area contributed by atoms with Gasteiger partial charge in [-0.15, -0.1) is 0 Å². The number of carbonyl (C=O) groups is 1. The normalized spacial score (nSPS) is 10.5. The molecule has 0 atom stereocenters. The second-order valence-electron chi connectivity index (χ2n) is 6.96. The van der Waals surface area contributed by atoms with Gasteiger partial charge in [0.05, 0.1) is 39.1 Å². The van der Waals surface area contributed by atoms with Crippen molar-refractivity contribution in [3.05, 3.63) is 95.6 Å². The summed E-state index contributed by atoms with van der Waals surface area (Å²) in [4.78, 5) is 12.0. The summed E-state index contributed by atoms with van der Waals surface area (Å²) >= 11 is 0. The molecule has 0 saturated heterocycles. The van der Waals surface area contributed by atoms with Crippen LogP contribution in [0.15, 0.2) is 78.9 Å². The monoisotopic (exact) mass is 436 g/mol. The van der Waals surface area contributed by atoms with Crippen molar-refractivity contribution >= 4 is 5.97 Å². The summed E-state index contributed by atoms with van der Waals surface area (Å²) in [5.41, 5.74) is 2.56. The third-order valence-electron chi connectivity index (χ3n) is 4.52. The van der Waals surface area contributed by atoms with Crippen LogP contribution in [0.2, 0.25) is 0 Å². The maximum Gasteiger partial charge on any atom is 0.338 e. The lowest BCUT2D eigenvalue weighted by Gasteiger charge is -2.12. The van der Waals surface area contributed by atoms with E-state index >= 15 is 0 Å². The molecule has 0 aliphatic rings. The molecule has 6 heteroatoms. The minimum Gasteiger partial charge on any atom is -0.491 e. The number of esters is 1. The van der Waals surface area contributed by atoms with E-state index in [9.17, 15) is 4.79 Å². The minimum absolute atomic E-state index is 0.344. The van der Waals surface area contributed by atoms with Gasteiger partial charge in [-0.2, -0.15) is 0 Å².